The molecule has 0 bridgehead atoms. The number of ether oxygens (including phenoxy) is 1. The van der Waals surface area contributed by atoms with Gasteiger partial charge in [0.25, 0.3) is 0 Å². The molecule has 0 amide bonds. The van der Waals surface area contributed by atoms with Crippen LogP contribution in [0, 0.1) is 28.6 Å². The van der Waals surface area contributed by atoms with Gasteiger partial charge in [-0.25, -0.2) is 4.79 Å². The van der Waals surface area contributed by atoms with Gasteiger partial charge < -0.3 is 9.84 Å². The van der Waals surface area contributed by atoms with Gasteiger partial charge in [0, 0.05) is 10.8 Å². The molecule has 32 heavy (non-hydrogen) atoms. The number of carbonyl (C=O) groups is 3. The molecule has 6 atom stereocenters. The van der Waals surface area contributed by atoms with Crippen LogP contribution in [-0.2, 0) is 19.1 Å². The van der Waals surface area contributed by atoms with Gasteiger partial charge in [-0.05, 0) is 62.5 Å². The number of hydrogen-bond donors (Lipinski definition) is 1. The molecule has 0 aliphatic heterocycles. The van der Waals surface area contributed by atoms with Crippen LogP contribution in [0.3, 0.4) is 0 Å². The van der Waals surface area contributed by atoms with Gasteiger partial charge in [0.15, 0.2) is 12.4 Å². The number of esters is 1. The van der Waals surface area contributed by atoms with E-state index in [4.69, 9.17) is 0 Å². The van der Waals surface area contributed by atoms with E-state index >= 15 is 0 Å². The lowest BCUT2D eigenvalue weighted by atomic mass is 9.51. The molecular weight excluding hydrogens is 425 g/mol. The molecule has 5 nitrogen and oxygen atoms in total. The van der Waals surface area contributed by atoms with Crippen molar-refractivity contribution < 1.29 is 37.4 Å². The number of Topliss-reactive ketones (excluding diaryl/α,β-unsaturated/α-hetero) is 1. The van der Waals surface area contributed by atoms with Gasteiger partial charge >= 0.3 is 12.1 Å². The molecule has 0 aromatic rings. The predicted molar refractivity (Wildman–Crippen MR) is 108 cm³/mol. The maximum atomic E-state index is 13.0. The third-order valence-electron chi connectivity index (χ3n) is 8.52. The lowest BCUT2D eigenvalue weighted by Gasteiger charge is -2.53. The van der Waals surface area contributed by atoms with Crippen LogP contribution in [0.15, 0.2) is 35.5 Å². The first-order valence-corrected chi connectivity index (χ1v) is 10.9. The second kappa shape index (κ2) is 7.14. The molecule has 2 fully saturated rings. The Hall–Kier alpha value is -2.22. The van der Waals surface area contributed by atoms with Crippen molar-refractivity contribution >= 4 is 17.5 Å². The molecule has 8 heteroatoms. The zero-order valence-electron chi connectivity index (χ0n) is 18.3. The minimum Gasteiger partial charge on any atom is -0.451 e. The summed E-state index contributed by atoms with van der Waals surface area (Å²) in [5, 5.41) is 11.6. The fraction of sp³-hybridized carbons (Fsp3) is 0.625. The minimum absolute atomic E-state index is 0.0277. The highest BCUT2D eigenvalue weighted by atomic mass is 19.4. The summed E-state index contributed by atoms with van der Waals surface area (Å²) in [6.45, 7) is 4.50. The third kappa shape index (κ3) is 3.05. The first-order valence-electron chi connectivity index (χ1n) is 10.9. The van der Waals surface area contributed by atoms with Crippen LogP contribution in [0.5, 0.6) is 0 Å². The number of alkyl halides is 3. The average Bonchev–Trinajstić information content (AvgIpc) is 2.93. The maximum Gasteiger partial charge on any atom is 0.490 e. The number of allylic oxidation sites excluding steroid dienone is 6. The number of halogens is 3. The van der Waals surface area contributed by atoms with Crippen molar-refractivity contribution in [1.29, 1.82) is 0 Å². The standard InChI is InChI=1S/C24H27F3O5/c1-13-10-18-16-5-4-14-11-15(28)6-8-21(14,2)17(16)7-9-22(18,3)23(13,31)19(29)12-32-20(30)24(25,26)27/h6-8,11,13,16,18,31H,4-5,9-10,12H2,1-3H3/t13-,16?,18?,21+,22+,23+/m1/s1. The van der Waals surface area contributed by atoms with Gasteiger partial charge in [0.1, 0.15) is 5.60 Å². The third-order valence-corrected chi connectivity index (χ3v) is 8.52. The molecule has 0 saturated heterocycles. The molecule has 0 spiro atoms. The Morgan fingerprint density at radius 1 is 1.28 bits per heavy atom. The molecule has 174 valence electrons. The molecule has 4 aliphatic carbocycles. The van der Waals surface area contributed by atoms with Crippen molar-refractivity contribution in [3.63, 3.8) is 0 Å². The van der Waals surface area contributed by atoms with E-state index in [-0.39, 0.29) is 23.0 Å². The van der Waals surface area contributed by atoms with Gasteiger partial charge in [-0.3, -0.25) is 9.59 Å². The molecule has 2 saturated carbocycles. The van der Waals surface area contributed by atoms with Gasteiger partial charge in [-0.15, -0.1) is 0 Å². The summed E-state index contributed by atoms with van der Waals surface area (Å²) in [6.07, 6.45) is 4.43. The van der Waals surface area contributed by atoms with E-state index in [2.05, 4.69) is 11.7 Å². The quantitative estimate of drug-likeness (QED) is 0.520. The number of aliphatic hydroxyl groups is 1. The Morgan fingerprint density at radius 3 is 2.62 bits per heavy atom. The van der Waals surface area contributed by atoms with Crippen molar-refractivity contribution in [2.24, 2.45) is 28.6 Å². The van der Waals surface area contributed by atoms with Crippen LogP contribution in [0.1, 0.15) is 46.5 Å². The van der Waals surface area contributed by atoms with E-state index in [1.165, 1.54) is 5.57 Å². The fourth-order valence-electron chi connectivity index (χ4n) is 6.78. The summed E-state index contributed by atoms with van der Waals surface area (Å²) in [7, 11) is 0. The molecule has 2 unspecified atom stereocenters. The zero-order chi connectivity index (χ0) is 23.7. The molecule has 0 heterocycles. The molecule has 4 rings (SSSR count). The number of hydrogen-bond acceptors (Lipinski definition) is 5. The van der Waals surface area contributed by atoms with Crippen molar-refractivity contribution in [3.05, 3.63) is 35.5 Å². The Morgan fingerprint density at radius 2 is 1.97 bits per heavy atom. The second-order valence-electron chi connectivity index (χ2n) is 10.0. The van der Waals surface area contributed by atoms with Crippen molar-refractivity contribution in [2.75, 3.05) is 6.61 Å². The largest absolute Gasteiger partial charge is 0.490 e. The van der Waals surface area contributed by atoms with E-state index in [0.29, 0.717) is 12.8 Å². The lowest BCUT2D eigenvalue weighted by molar-refractivity contribution is -0.202. The van der Waals surface area contributed by atoms with Crippen molar-refractivity contribution in [2.45, 2.75) is 58.2 Å². The van der Waals surface area contributed by atoms with Crippen LogP contribution in [0.2, 0.25) is 0 Å². The van der Waals surface area contributed by atoms with E-state index in [1.807, 2.05) is 19.1 Å². The maximum absolute atomic E-state index is 13.0. The zero-order valence-corrected chi connectivity index (χ0v) is 18.3. The second-order valence-corrected chi connectivity index (χ2v) is 10.0. The number of carbonyl (C=O) groups excluding carboxylic acids is 3. The van der Waals surface area contributed by atoms with Crippen LogP contribution in [0.4, 0.5) is 13.2 Å². The van der Waals surface area contributed by atoms with Crippen molar-refractivity contribution in [1.82, 2.24) is 0 Å². The SMILES string of the molecule is C[C@@H]1CC2C3CCC4=CC(=O)C=C[C@]4(C)C3=CC[C@]2(C)[C@@]1(O)C(=O)COC(=O)C(F)(F)F. The highest BCUT2D eigenvalue weighted by Gasteiger charge is 2.67. The minimum atomic E-state index is -5.20. The molecule has 0 radical (unpaired) electrons. The van der Waals surface area contributed by atoms with E-state index in [0.717, 1.165) is 18.4 Å². The van der Waals surface area contributed by atoms with Crippen LogP contribution in [0.25, 0.3) is 0 Å². The summed E-state index contributed by atoms with van der Waals surface area (Å²) in [4.78, 5) is 35.9. The first-order chi connectivity index (χ1) is 14.7. The fourth-order valence-corrected chi connectivity index (χ4v) is 6.78. The van der Waals surface area contributed by atoms with E-state index in [9.17, 15) is 32.7 Å². The summed E-state index contributed by atoms with van der Waals surface area (Å²) < 4.78 is 41.6. The summed E-state index contributed by atoms with van der Waals surface area (Å²) in [5.74, 6) is -3.85. The monoisotopic (exact) mass is 452 g/mol. The molecule has 4 aliphatic rings. The Kier molecular flexibility index (Phi) is 5.12. The summed E-state index contributed by atoms with van der Waals surface area (Å²) in [5.41, 5.74) is -0.940. The van der Waals surface area contributed by atoms with Crippen LogP contribution in [-0.4, -0.2) is 41.0 Å². The van der Waals surface area contributed by atoms with Gasteiger partial charge in [-0.1, -0.05) is 37.1 Å². The number of ketones is 2. The normalized spacial score (nSPS) is 40.6. The molecule has 0 aromatic heterocycles. The Labute approximate surface area is 184 Å². The average molecular weight is 452 g/mol. The molecular formula is C24H27F3O5. The number of fused-ring (bicyclic) bond motifs is 5. The number of rotatable bonds is 3. The van der Waals surface area contributed by atoms with Gasteiger partial charge in [0.2, 0.25) is 5.78 Å². The Balaban J connectivity index is 1.64. The highest BCUT2D eigenvalue weighted by Crippen LogP contribution is 2.66. The topological polar surface area (TPSA) is 80.7 Å². The van der Waals surface area contributed by atoms with Crippen LogP contribution >= 0.6 is 0 Å². The Bertz CT molecular complexity index is 977. The van der Waals surface area contributed by atoms with E-state index in [1.54, 1.807) is 19.1 Å². The van der Waals surface area contributed by atoms with Gasteiger partial charge in [0.05, 0.1) is 0 Å². The lowest BCUT2D eigenvalue weighted by Crippen LogP contribution is -2.57. The summed E-state index contributed by atoms with van der Waals surface area (Å²) >= 11 is 0. The summed E-state index contributed by atoms with van der Waals surface area (Å²) in [6, 6.07) is 0. The van der Waals surface area contributed by atoms with E-state index < -0.39 is 41.5 Å². The first kappa shape index (κ1) is 23.0. The molecule has 0 aromatic carbocycles. The van der Waals surface area contributed by atoms with Crippen LogP contribution < -0.4 is 0 Å². The predicted octanol–water partition coefficient (Wildman–Crippen LogP) is 3.87. The highest BCUT2D eigenvalue weighted by molar-refractivity contribution is 6.01. The van der Waals surface area contributed by atoms with Gasteiger partial charge in [-0.2, -0.15) is 13.2 Å². The molecule has 1 N–H and O–H groups in total. The van der Waals surface area contributed by atoms with Crippen molar-refractivity contribution in [3.8, 4) is 0 Å². The smallest absolute Gasteiger partial charge is 0.451 e.